The Bertz CT molecular complexity index is 2100. The van der Waals surface area contributed by atoms with Gasteiger partial charge in [-0.05, 0) is 59.7 Å². The molecule has 0 atom stereocenters. The molecular formula is C117H231N7O12. The summed E-state index contributed by atoms with van der Waals surface area (Å²) in [7, 11) is 6.54. The Morgan fingerprint density at radius 1 is 0.132 bits per heavy atom. The van der Waals surface area contributed by atoms with Crippen molar-refractivity contribution in [3.05, 3.63) is 0 Å². The van der Waals surface area contributed by atoms with Crippen LogP contribution < -0.4 is 0 Å². The number of rotatable bonds is 114. The zero-order valence-electron chi connectivity index (χ0n) is 92.2. The van der Waals surface area contributed by atoms with Crippen LogP contribution in [0.15, 0.2) is 0 Å². The lowest BCUT2D eigenvalue weighted by Gasteiger charge is -2.31. The molecule has 0 N–H and O–H groups in total. The normalized spacial score (nSPS) is 11.8. The Morgan fingerprint density at radius 2 is 0.228 bits per heavy atom. The largest absolute Gasteiger partial charge is 0.466 e. The average Bonchev–Trinajstić information content (AvgIpc) is 0.937. The smallest absolute Gasteiger partial charge is 0.307 e. The highest BCUT2D eigenvalue weighted by atomic mass is 16.6. The number of hydrogen-bond acceptors (Lipinski definition) is 19. The highest BCUT2D eigenvalue weighted by Gasteiger charge is 2.20. The maximum absolute atomic E-state index is 13.4. The number of ether oxygens (including phenoxy) is 6. The molecular weight excluding hydrogens is 1700 g/mol. The topological polar surface area (TPSA) is 180 Å². The molecule has 0 saturated heterocycles. The van der Waals surface area contributed by atoms with E-state index >= 15 is 0 Å². The Balaban J connectivity index is 6.65. The second-order valence-electron chi connectivity index (χ2n) is 41.4. The molecule has 0 aromatic carbocycles. The number of likely N-dealkylation sites (N-methyl/N-ethyl adjacent to an activating group) is 3. The molecule has 136 heavy (non-hydrogen) atoms. The van der Waals surface area contributed by atoms with E-state index in [4.69, 9.17) is 28.4 Å². The van der Waals surface area contributed by atoms with E-state index in [2.05, 4.69) is 97.0 Å². The monoisotopic (exact) mass is 1930 g/mol. The molecule has 0 unspecified atom stereocenters. The van der Waals surface area contributed by atoms with E-state index in [0.717, 1.165) is 136 Å². The van der Waals surface area contributed by atoms with Crippen LogP contribution in [-0.4, -0.2) is 249 Å². The van der Waals surface area contributed by atoms with Crippen molar-refractivity contribution in [2.75, 3.05) is 179 Å². The Kier molecular flexibility index (Phi) is 106. The van der Waals surface area contributed by atoms with Gasteiger partial charge in [0.1, 0.15) is 0 Å². The van der Waals surface area contributed by atoms with Crippen LogP contribution in [0.3, 0.4) is 0 Å². The van der Waals surface area contributed by atoms with Crippen molar-refractivity contribution in [1.29, 1.82) is 0 Å². The maximum Gasteiger partial charge on any atom is 0.307 e. The first-order valence-electron chi connectivity index (χ1n) is 59.6. The number of carbonyl (C=O) groups is 6. The molecule has 0 bridgehead atoms. The highest BCUT2D eigenvalue weighted by molar-refractivity contribution is 5.71. The molecule has 0 fully saturated rings. The molecule has 0 radical (unpaired) electrons. The Hall–Kier alpha value is -3.46. The summed E-state index contributed by atoms with van der Waals surface area (Å²) in [5.41, 5.74) is 0. The van der Waals surface area contributed by atoms with E-state index in [0.29, 0.717) is 98.5 Å². The Labute approximate surface area is 843 Å². The molecule has 0 heterocycles. The molecule has 0 aromatic rings. The molecule has 19 heteroatoms. The van der Waals surface area contributed by atoms with Gasteiger partial charge >= 0.3 is 35.8 Å². The van der Waals surface area contributed by atoms with Gasteiger partial charge in [-0.1, -0.05) is 465 Å². The first kappa shape index (κ1) is 133. The van der Waals surface area contributed by atoms with Gasteiger partial charge in [0.2, 0.25) is 0 Å². The van der Waals surface area contributed by atoms with Crippen molar-refractivity contribution in [2.45, 2.75) is 542 Å². The van der Waals surface area contributed by atoms with E-state index < -0.39 is 0 Å². The van der Waals surface area contributed by atoms with Gasteiger partial charge in [-0.25, -0.2) is 0 Å². The minimum atomic E-state index is -0.178. The first-order valence-corrected chi connectivity index (χ1v) is 59.6. The number of unbranched alkanes of at least 4 members (excludes halogenated alkanes) is 66. The summed E-state index contributed by atoms with van der Waals surface area (Å²) in [5.74, 6) is -1.07. The van der Waals surface area contributed by atoms with Crippen LogP contribution in [0.2, 0.25) is 0 Å². The number of carbonyl (C=O) groups excluding carboxylic acids is 6. The second-order valence-corrected chi connectivity index (χ2v) is 41.4. The van der Waals surface area contributed by atoms with Gasteiger partial charge in [0.25, 0.3) is 0 Å². The minimum Gasteiger partial charge on any atom is -0.466 e. The van der Waals surface area contributed by atoms with Crippen molar-refractivity contribution in [3.63, 3.8) is 0 Å². The van der Waals surface area contributed by atoms with Gasteiger partial charge in [0.05, 0.1) is 78.2 Å². The van der Waals surface area contributed by atoms with Gasteiger partial charge in [-0.2, -0.15) is 0 Å². The van der Waals surface area contributed by atoms with Crippen LogP contribution in [0.4, 0.5) is 0 Å². The lowest BCUT2D eigenvalue weighted by atomic mass is 10.1. The summed E-state index contributed by atoms with van der Waals surface area (Å²) in [6, 6.07) is 0. The van der Waals surface area contributed by atoms with Gasteiger partial charge in [0, 0.05) is 118 Å². The SMILES string of the molecule is CCCCCCCCCCCCCCOC(=O)CCN(CCC(=O)OCCCCCCCCCCCCCC)CCN(C)CCN(CCN(C)CCN(CCC(=O)OCCCCCCCCCCCCCC)CCC(=O)OCCCCCCCCCCCCCC)CCN(C)CCN(CCC(=O)OCCCCCCCCCCCCCC)CCC(=O)OCCCCCCCCCCCCCC. The third kappa shape index (κ3) is 102. The molecule has 0 aliphatic carbocycles. The van der Waals surface area contributed by atoms with E-state index in [-0.39, 0.29) is 74.3 Å². The fraction of sp³-hybridized carbons (Fsp3) is 0.949. The predicted octanol–water partition coefficient (Wildman–Crippen LogP) is 29.8. The lowest BCUT2D eigenvalue weighted by molar-refractivity contribution is -0.146. The van der Waals surface area contributed by atoms with E-state index in [1.165, 1.54) is 385 Å². The van der Waals surface area contributed by atoms with E-state index in [9.17, 15) is 28.8 Å². The zero-order valence-corrected chi connectivity index (χ0v) is 92.2. The molecule has 0 aromatic heterocycles. The van der Waals surface area contributed by atoms with E-state index in [1.54, 1.807) is 0 Å². The fourth-order valence-electron chi connectivity index (χ4n) is 18.3. The maximum atomic E-state index is 13.4. The summed E-state index contributed by atoms with van der Waals surface area (Å²) in [5, 5.41) is 0. The van der Waals surface area contributed by atoms with Gasteiger partial charge in [-0.3, -0.25) is 33.7 Å². The fourth-order valence-corrected chi connectivity index (χ4v) is 18.3. The second kappa shape index (κ2) is 109. The van der Waals surface area contributed by atoms with Crippen LogP contribution >= 0.6 is 0 Å². The minimum absolute atomic E-state index is 0.178. The Morgan fingerprint density at radius 3 is 0.338 bits per heavy atom. The third-order valence-corrected chi connectivity index (χ3v) is 28.1. The van der Waals surface area contributed by atoms with Gasteiger partial charge in [-0.15, -0.1) is 0 Å². The molecule has 0 amide bonds. The van der Waals surface area contributed by atoms with Crippen molar-refractivity contribution in [1.82, 2.24) is 34.3 Å². The van der Waals surface area contributed by atoms with Crippen molar-refractivity contribution in [3.8, 4) is 0 Å². The van der Waals surface area contributed by atoms with Crippen LogP contribution in [0.5, 0.6) is 0 Å². The highest BCUT2D eigenvalue weighted by Crippen LogP contribution is 2.21. The van der Waals surface area contributed by atoms with Crippen molar-refractivity contribution < 1.29 is 57.2 Å². The standard InChI is InChI=1S/C117H231N7O12/c1-10-16-22-28-34-40-46-52-58-64-70-76-106-131-112(125)82-88-121(89-83-113(126)132-107-77-71-65-59-53-47-41-35-29-23-17-11-2)100-94-118(7)97-103-124(104-98-119(8)95-101-122(90-84-114(127)133-108-78-72-66-60-54-48-42-36-30-24-18-12-3)91-85-115(128)134-109-79-73-67-61-55-49-43-37-31-25-19-13-4)105-99-120(9)96-102-123(92-86-116(129)135-110-80-74-68-62-56-50-44-38-32-26-20-14-5)93-87-117(130)136-111-81-75-69-63-57-51-45-39-33-27-21-15-6/h10-111H2,1-9H3. The van der Waals surface area contributed by atoms with Crippen LogP contribution in [-0.2, 0) is 57.2 Å². The zero-order chi connectivity index (χ0) is 98.9. The predicted molar refractivity (Wildman–Crippen MR) is 578 cm³/mol. The first-order chi connectivity index (χ1) is 66.7. The summed E-state index contributed by atoms with van der Waals surface area (Å²) >= 11 is 0. The summed E-state index contributed by atoms with van der Waals surface area (Å²) in [6.07, 6.45) is 92.0. The number of hydrogen-bond donors (Lipinski definition) is 0. The quantitative estimate of drug-likeness (QED) is 0.0318. The molecule has 0 aliphatic rings. The summed E-state index contributed by atoms with van der Waals surface area (Å²) < 4.78 is 35.0. The summed E-state index contributed by atoms with van der Waals surface area (Å²) in [4.78, 5) is 96.9. The molecule has 0 rings (SSSR count). The van der Waals surface area contributed by atoms with Crippen LogP contribution in [0, 0.1) is 0 Å². The molecule has 0 spiro atoms. The molecule has 0 aliphatic heterocycles. The van der Waals surface area contributed by atoms with Crippen molar-refractivity contribution in [2.24, 2.45) is 0 Å². The van der Waals surface area contributed by atoms with Crippen molar-refractivity contribution >= 4 is 35.8 Å². The van der Waals surface area contributed by atoms with Crippen LogP contribution in [0.1, 0.15) is 542 Å². The number of esters is 6. The number of nitrogens with zero attached hydrogens (tertiary/aromatic N) is 7. The van der Waals surface area contributed by atoms with Gasteiger partial charge in [0.15, 0.2) is 0 Å². The third-order valence-electron chi connectivity index (χ3n) is 28.1. The molecule has 806 valence electrons. The lowest BCUT2D eigenvalue weighted by Crippen LogP contribution is -2.44. The van der Waals surface area contributed by atoms with E-state index in [1.807, 2.05) is 0 Å². The molecule has 0 saturated carbocycles. The molecule has 19 nitrogen and oxygen atoms in total. The van der Waals surface area contributed by atoms with Gasteiger partial charge < -0.3 is 57.8 Å². The summed E-state index contributed by atoms with van der Waals surface area (Å²) in [6.45, 7) is 28.6. The average molecular weight is 1930 g/mol. The van der Waals surface area contributed by atoms with Crippen LogP contribution in [0.25, 0.3) is 0 Å².